The molecular formula is C20H15F2N5O. The highest BCUT2D eigenvalue weighted by atomic mass is 19.2. The molecule has 3 aromatic heterocycles. The minimum atomic E-state index is -0.937. The van der Waals surface area contributed by atoms with Crippen LogP contribution in [0.1, 0.15) is 30.3 Å². The summed E-state index contributed by atoms with van der Waals surface area (Å²) in [4.78, 5) is 13.3. The molecule has 28 heavy (non-hydrogen) atoms. The van der Waals surface area contributed by atoms with Crippen LogP contribution in [0.15, 0.2) is 41.1 Å². The number of aromatic nitrogens is 4. The molecule has 3 heterocycles. The molecule has 5 rings (SSSR count). The maximum Gasteiger partial charge on any atom is 0.261 e. The molecule has 0 saturated heterocycles. The Kier molecular flexibility index (Phi) is 3.78. The van der Waals surface area contributed by atoms with Crippen LogP contribution in [0.4, 0.5) is 20.2 Å². The summed E-state index contributed by atoms with van der Waals surface area (Å²) in [6, 6.07) is 7.35. The number of hydrogen-bond acceptors (Lipinski definition) is 6. The highest BCUT2D eigenvalue weighted by Gasteiger charge is 2.29. The van der Waals surface area contributed by atoms with Gasteiger partial charge in [0.05, 0.1) is 11.3 Å². The molecule has 4 aromatic rings. The largest absolute Gasteiger partial charge is 0.354 e. The SMILES string of the molecule is Cc1ccc2c(Nc3ccc(F)c(F)c3)c(-c3nc(C4CC4)no3)cnc2n1. The highest BCUT2D eigenvalue weighted by molar-refractivity contribution is 5.98. The average Bonchev–Trinajstić information content (AvgIpc) is 3.42. The molecule has 140 valence electrons. The van der Waals surface area contributed by atoms with Crippen molar-refractivity contribution in [3.63, 3.8) is 0 Å². The van der Waals surface area contributed by atoms with Gasteiger partial charge in [0.2, 0.25) is 0 Å². The summed E-state index contributed by atoms with van der Waals surface area (Å²) in [5.41, 5.74) is 2.89. The first-order chi connectivity index (χ1) is 13.6. The third-order valence-corrected chi connectivity index (χ3v) is 4.67. The molecule has 1 aliphatic carbocycles. The molecule has 0 radical (unpaired) electrons. The lowest BCUT2D eigenvalue weighted by molar-refractivity contribution is 0.423. The number of rotatable bonds is 4. The molecule has 0 spiro atoms. The van der Waals surface area contributed by atoms with Crippen molar-refractivity contribution >= 4 is 22.4 Å². The minimum absolute atomic E-state index is 0.321. The van der Waals surface area contributed by atoms with Crippen molar-refractivity contribution in [1.29, 1.82) is 0 Å². The van der Waals surface area contributed by atoms with Gasteiger partial charge in [-0.05, 0) is 44.0 Å². The normalized spacial score (nSPS) is 13.8. The van der Waals surface area contributed by atoms with Gasteiger partial charge in [-0.25, -0.2) is 18.7 Å². The molecular weight excluding hydrogens is 364 g/mol. The quantitative estimate of drug-likeness (QED) is 0.544. The van der Waals surface area contributed by atoms with Gasteiger partial charge >= 0.3 is 0 Å². The molecule has 0 unspecified atom stereocenters. The van der Waals surface area contributed by atoms with Gasteiger partial charge in [-0.1, -0.05) is 5.16 Å². The first-order valence-corrected chi connectivity index (χ1v) is 8.91. The van der Waals surface area contributed by atoms with Crippen molar-refractivity contribution in [2.45, 2.75) is 25.7 Å². The summed E-state index contributed by atoms with van der Waals surface area (Å²) < 4.78 is 32.4. The fourth-order valence-electron chi connectivity index (χ4n) is 3.04. The highest BCUT2D eigenvalue weighted by Crippen LogP contribution is 2.40. The first-order valence-electron chi connectivity index (χ1n) is 8.91. The van der Waals surface area contributed by atoms with Crippen LogP contribution in [-0.2, 0) is 0 Å². The Hall–Kier alpha value is -3.42. The Labute approximate surface area is 158 Å². The summed E-state index contributed by atoms with van der Waals surface area (Å²) >= 11 is 0. The number of nitrogens with zero attached hydrogens (tertiary/aromatic N) is 4. The van der Waals surface area contributed by atoms with E-state index in [1.807, 2.05) is 19.1 Å². The second kappa shape index (κ2) is 6.33. The van der Waals surface area contributed by atoms with Crippen molar-refractivity contribution < 1.29 is 13.3 Å². The number of halogens is 2. The molecule has 1 aliphatic rings. The van der Waals surface area contributed by atoms with Gasteiger partial charge in [0.25, 0.3) is 5.89 Å². The zero-order valence-electron chi connectivity index (χ0n) is 14.9. The summed E-state index contributed by atoms with van der Waals surface area (Å²) in [5.74, 6) is -0.503. The average molecular weight is 379 g/mol. The fourth-order valence-corrected chi connectivity index (χ4v) is 3.04. The van der Waals surface area contributed by atoms with Gasteiger partial charge in [-0.3, -0.25) is 0 Å². The van der Waals surface area contributed by atoms with E-state index in [1.54, 1.807) is 6.20 Å². The van der Waals surface area contributed by atoms with Gasteiger partial charge in [-0.15, -0.1) is 0 Å². The van der Waals surface area contributed by atoms with Crippen LogP contribution in [0.3, 0.4) is 0 Å². The molecule has 8 heteroatoms. The van der Waals surface area contributed by atoms with E-state index in [1.165, 1.54) is 6.07 Å². The van der Waals surface area contributed by atoms with E-state index < -0.39 is 11.6 Å². The van der Waals surface area contributed by atoms with E-state index in [2.05, 4.69) is 25.4 Å². The van der Waals surface area contributed by atoms with Gasteiger partial charge in [0, 0.05) is 34.9 Å². The van der Waals surface area contributed by atoms with Crippen LogP contribution >= 0.6 is 0 Å². The topological polar surface area (TPSA) is 76.7 Å². The van der Waals surface area contributed by atoms with Gasteiger partial charge in [-0.2, -0.15) is 4.98 Å². The van der Waals surface area contributed by atoms with Crippen LogP contribution in [0.5, 0.6) is 0 Å². The number of fused-ring (bicyclic) bond motifs is 1. The lowest BCUT2D eigenvalue weighted by atomic mass is 10.1. The maximum atomic E-state index is 13.7. The molecule has 0 atom stereocenters. The number of hydrogen-bond donors (Lipinski definition) is 1. The van der Waals surface area contributed by atoms with Gasteiger partial charge < -0.3 is 9.84 Å². The standard InChI is InChI=1S/C20H15F2N5O/c1-10-2-6-13-17(25-12-5-7-15(21)16(22)8-12)14(9-23-19(13)24-10)20-26-18(27-28-20)11-3-4-11/h2,5-9,11H,3-4H2,1H3,(H,23,24,25). The Balaban J connectivity index is 1.66. The van der Waals surface area contributed by atoms with E-state index in [0.29, 0.717) is 45.6 Å². The Bertz CT molecular complexity index is 1200. The molecule has 1 fully saturated rings. The Morgan fingerprint density at radius 3 is 2.71 bits per heavy atom. The minimum Gasteiger partial charge on any atom is -0.354 e. The van der Waals surface area contributed by atoms with E-state index in [0.717, 1.165) is 30.7 Å². The van der Waals surface area contributed by atoms with Gasteiger partial charge in [0.15, 0.2) is 23.1 Å². The summed E-state index contributed by atoms with van der Waals surface area (Å²) in [5, 5.41) is 7.90. The summed E-state index contributed by atoms with van der Waals surface area (Å²) in [6.07, 6.45) is 3.71. The molecule has 6 nitrogen and oxygen atoms in total. The van der Waals surface area contributed by atoms with Gasteiger partial charge in [0.1, 0.15) is 0 Å². The lowest BCUT2D eigenvalue weighted by Crippen LogP contribution is -1.99. The molecule has 1 saturated carbocycles. The lowest BCUT2D eigenvalue weighted by Gasteiger charge is -2.13. The zero-order valence-corrected chi connectivity index (χ0v) is 14.9. The van der Waals surface area contributed by atoms with Crippen molar-refractivity contribution in [2.24, 2.45) is 0 Å². The number of aryl methyl sites for hydroxylation is 1. The van der Waals surface area contributed by atoms with E-state index in [-0.39, 0.29) is 0 Å². The van der Waals surface area contributed by atoms with Crippen molar-refractivity contribution in [3.8, 4) is 11.5 Å². The van der Waals surface area contributed by atoms with Crippen LogP contribution in [0.25, 0.3) is 22.5 Å². The second-order valence-electron chi connectivity index (χ2n) is 6.86. The number of benzene rings is 1. The van der Waals surface area contributed by atoms with Crippen molar-refractivity contribution in [1.82, 2.24) is 20.1 Å². The van der Waals surface area contributed by atoms with Crippen LogP contribution in [-0.4, -0.2) is 20.1 Å². The molecule has 1 N–H and O–H groups in total. The Morgan fingerprint density at radius 1 is 1.07 bits per heavy atom. The van der Waals surface area contributed by atoms with Crippen molar-refractivity contribution in [2.75, 3.05) is 5.32 Å². The molecule has 0 amide bonds. The van der Waals surface area contributed by atoms with E-state index in [4.69, 9.17) is 4.52 Å². The predicted octanol–water partition coefficient (Wildman–Crippen LogP) is 4.89. The smallest absolute Gasteiger partial charge is 0.261 e. The van der Waals surface area contributed by atoms with Crippen molar-refractivity contribution in [3.05, 3.63) is 59.7 Å². The third-order valence-electron chi connectivity index (χ3n) is 4.67. The molecule has 0 aliphatic heterocycles. The summed E-state index contributed by atoms with van der Waals surface area (Å²) in [7, 11) is 0. The van der Waals surface area contributed by atoms with E-state index >= 15 is 0 Å². The third kappa shape index (κ3) is 2.96. The van der Waals surface area contributed by atoms with Crippen LogP contribution in [0, 0.1) is 18.6 Å². The number of anilines is 2. The monoisotopic (exact) mass is 379 g/mol. The summed E-state index contributed by atoms with van der Waals surface area (Å²) in [6.45, 7) is 1.87. The maximum absolute atomic E-state index is 13.7. The van der Waals surface area contributed by atoms with Crippen LogP contribution in [0.2, 0.25) is 0 Å². The predicted molar refractivity (Wildman–Crippen MR) is 99.2 cm³/mol. The number of pyridine rings is 2. The second-order valence-corrected chi connectivity index (χ2v) is 6.86. The van der Waals surface area contributed by atoms with E-state index in [9.17, 15) is 8.78 Å². The Morgan fingerprint density at radius 2 is 1.93 bits per heavy atom. The molecule has 0 bridgehead atoms. The zero-order chi connectivity index (χ0) is 19.3. The van der Waals surface area contributed by atoms with Crippen LogP contribution < -0.4 is 5.32 Å². The fraction of sp³-hybridized carbons (Fsp3) is 0.200. The number of nitrogens with one attached hydrogen (secondary N) is 1. The molecule has 1 aromatic carbocycles. The first kappa shape index (κ1) is 16.7.